The van der Waals surface area contributed by atoms with Gasteiger partial charge in [0.1, 0.15) is 12.7 Å². The fourth-order valence-corrected chi connectivity index (χ4v) is 6.62. The summed E-state index contributed by atoms with van der Waals surface area (Å²) in [6.07, 6.45) is 38.5. The van der Waals surface area contributed by atoms with Crippen LogP contribution in [0, 0.1) is 0 Å². The summed E-state index contributed by atoms with van der Waals surface area (Å²) in [4.78, 5) is 47.8. The van der Waals surface area contributed by atoms with Gasteiger partial charge in [-0.05, 0) is 44.9 Å². The number of aliphatic hydroxyl groups is 1. The van der Waals surface area contributed by atoms with E-state index in [-0.39, 0.29) is 25.9 Å². The number of carbonyl (C=O) groups is 3. The van der Waals surface area contributed by atoms with Crippen LogP contribution in [0.1, 0.15) is 188 Å². The maximum atomic E-state index is 12.7. The smallest absolute Gasteiger partial charge is 0.462 e. The topological polar surface area (TPSA) is 155 Å². The fraction of sp³-hybridized carbons (Fsp3) is 0.761. The third-order valence-corrected chi connectivity index (χ3v) is 10.2. The number of hydrogen-bond donors (Lipinski definition) is 2. The highest BCUT2D eigenvalue weighted by atomic mass is 31.2. The molecule has 0 aromatic rings. The molecule has 3 atom stereocenters. The molecular formula is C46H81O11P. The van der Waals surface area contributed by atoms with Crippen molar-refractivity contribution in [1.82, 2.24) is 0 Å². The van der Waals surface area contributed by atoms with Gasteiger partial charge in [0, 0.05) is 19.3 Å². The number of carbonyl (C=O) groups excluding carboxylic acids is 3. The van der Waals surface area contributed by atoms with E-state index in [0.717, 1.165) is 64.2 Å². The third kappa shape index (κ3) is 38.9. The van der Waals surface area contributed by atoms with Crippen molar-refractivity contribution in [1.29, 1.82) is 0 Å². The lowest BCUT2D eigenvalue weighted by Gasteiger charge is -2.21. The number of hydrogen-bond acceptors (Lipinski definition) is 10. The summed E-state index contributed by atoms with van der Waals surface area (Å²) in [5, 5.41) is 9.69. The first-order valence-electron chi connectivity index (χ1n) is 22.5. The van der Waals surface area contributed by atoms with Crippen LogP contribution in [0.5, 0.6) is 0 Å². The van der Waals surface area contributed by atoms with Gasteiger partial charge in [0.05, 0.1) is 19.8 Å². The second-order valence-electron chi connectivity index (χ2n) is 14.8. The molecule has 0 amide bonds. The van der Waals surface area contributed by atoms with E-state index in [1.807, 2.05) is 12.2 Å². The van der Waals surface area contributed by atoms with E-state index >= 15 is 0 Å². The Labute approximate surface area is 352 Å². The van der Waals surface area contributed by atoms with Crippen LogP contribution >= 0.6 is 7.82 Å². The van der Waals surface area contributed by atoms with Gasteiger partial charge in [-0.3, -0.25) is 23.4 Å². The van der Waals surface area contributed by atoms with Crippen molar-refractivity contribution in [2.45, 2.75) is 200 Å². The molecule has 0 aliphatic rings. The summed E-state index contributed by atoms with van der Waals surface area (Å²) in [6.45, 7) is 4.36. The molecule has 0 radical (unpaired) electrons. The zero-order chi connectivity index (χ0) is 42.8. The normalized spacial score (nSPS) is 14.1. The van der Waals surface area contributed by atoms with Gasteiger partial charge in [0.2, 0.25) is 0 Å². The van der Waals surface area contributed by atoms with E-state index in [1.54, 1.807) is 0 Å². The summed E-state index contributed by atoms with van der Waals surface area (Å²) >= 11 is 0. The molecule has 0 aliphatic carbocycles. The Bertz CT molecular complexity index is 1170. The number of esters is 3. The van der Waals surface area contributed by atoms with Gasteiger partial charge in [-0.2, -0.15) is 0 Å². The summed E-state index contributed by atoms with van der Waals surface area (Å²) < 4.78 is 38.9. The summed E-state index contributed by atoms with van der Waals surface area (Å²) in [5.41, 5.74) is 0. The van der Waals surface area contributed by atoms with Crippen LogP contribution < -0.4 is 0 Å². The molecule has 0 fully saturated rings. The molecule has 0 bridgehead atoms. The molecule has 0 aromatic carbocycles. The molecule has 0 spiro atoms. The lowest BCUT2D eigenvalue weighted by Crippen LogP contribution is -2.30. The van der Waals surface area contributed by atoms with Gasteiger partial charge in [-0.15, -0.1) is 0 Å². The van der Waals surface area contributed by atoms with Crippen LogP contribution in [0.2, 0.25) is 0 Å². The first kappa shape index (κ1) is 55.4. The van der Waals surface area contributed by atoms with Gasteiger partial charge >= 0.3 is 25.7 Å². The quantitative estimate of drug-likeness (QED) is 0.0199. The van der Waals surface area contributed by atoms with E-state index < -0.39 is 57.8 Å². The summed E-state index contributed by atoms with van der Waals surface area (Å²) in [5.74, 6) is -1.57. The highest BCUT2D eigenvalue weighted by molar-refractivity contribution is 7.47. The maximum absolute atomic E-state index is 12.7. The first-order valence-corrected chi connectivity index (χ1v) is 24.0. The van der Waals surface area contributed by atoms with E-state index in [1.165, 1.54) is 64.2 Å². The van der Waals surface area contributed by atoms with Gasteiger partial charge in [0.15, 0.2) is 6.10 Å². The molecule has 12 heteroatoms. The van der Waals surface area contributed by atoms with Crippen LogP contribution in [-0.4, -0.2) is 66.5 Å². The largest absolute Gasteiger partial charge is 0.472 e. The fourth-order valence-electron chi connectivity index (χ4n) is 5.84. The number of ether oxygens (including phenoxy) is 3. The van der Waals surface area contributed by atoms with Gasteiger partial charge < -0.3 is 24.2 Å². The maximum Gasteiger partial charge on any atom is 0.472 e. The first-order chi connectivity index (χ1) is 28.2. The van der Waals surface area contributed by atoms with Crippen molar-refractivity contribution < 1.29 is 52.2 Å². The summed E-state index contributed by atoms with van der Waals surface area (Å²) in [7, 11) is -4.74. The van der Waals surface area contributed by atoms with Gasteiger partial charge in [-0.25, -0.2) is 4.57 Å². The van der Waals surface area contributed by atoms with Crippen molar-refractivity contribution in [3.8, 4) is 0 Å². The molecule has 3 unspecified atom stereocenters. The van der Waals surface area contributed by atoms with Crippen LogP contribution in [-0.2, 0) is 42.2 Å². The van der Waals surface area contributed by atoms with E-state index in [4.69, 9.17) is 23.3 Å². The van der Waals surface area contributed by atoms with E-state index in [0.29, 0.717) is 19.3 Å². The Balaban J connectivity index is 4.86. The molecule has 0 saturated heterocycles. The average molecular weight is 841 g/mol. The average Bonchev–Trinajstić information content (AvgIpc) is 3.20. The molecule has 0 aliphatic heterocycles. The predicted octanol–water partition coefficient (Wildman–Crippen LogP) is 11.9. The molecule has 0 aromatic heterocycles. The Hall–Kier alpha value is -2.56. The monoisotopic (exact) mass is 841 g/mol. The lowest BCUT2D eigenvalue weighted by atomic mass is 10.1. The molecule has 0 saturated carbocycles. The van der Waals surface area contributed by atoms with Crippen molar-refractivity contribution in [3.05, 3.63) is 48.6 Å². The Morgan fingerprint density at radius 2 is 0.897 bits per heavy atom. The van der Waals surface area contributed by atoms with E-state index in [9.17, 15) is 28.9 Å². The Morgan fingerprint density at radius 3 is 1.38 bits per heavy atom. The molecule has 11 nitrogen and oxygen atoms in total. The number of aliphatic hydroxyl groups excluding tert-OH is 1. The number of rotatable bonds is 41. The van der Waals surface area contributed by atoms with Crippen LogP contribution in [0.3, 0.4) is 0 Å². The minimum Gasteiger partial charge on any atom is -0.462 e. The van der Waals surface area contributed by atoms with Crippen molar-refractivity contribution in [3.63, 3.8) is 0 Å². The number of phosphoric acid groups is 1. The highest BCUT2D eigenvalue weighted by Crippen LogP contribution is 2.43. The molecule has 336 valence electrons. The van der Waals surface area contributed by atoms with Crippen LogP contribution in [0.4, 0.5) is 0 Å². The van der Waals surface area contributed by atoms with Crippen LogP contribution in [0.15, 0.2) is 48.6 Å². The van der Waals surface area contributed by atoms with Gasteiger partial charge in [-0.1, -0.05) is 172 Å². The van der Waals surface area contributed by atoms with Crippen LogP contribution in [0.25, 0.3) is 0 Å². The second-order valence-corrected chi connectivity index (χ2v) is 16.3. The molecule has 0 heterocycles. The minimum atomic E-state index is -4.74. The molecular weight excluding hydrogens is 759 g/mol. The highest BCUT2D eigenvalue weighted by Gasteiger charge is 2.28. The number of phosphoric ester groups is 1. The molecule has 2 N–H and O–H groups in total. The third-order valence-electron chi connectivity index (χ3n) is 9.28. The SMILES string of the molecule is CC/C=C\C/C=C\C/C=C\C/C=C\CCC(=O)OC(COC(=O)CCCCCCCCCCC)COP(=O)(O)OCC(CO)OC(=O)CCCCCCCCCCC. The molecule has 58 heavy (non-hydrogen) atoms. The second kappa shape index (κ2) is 41.2. The van der Waals surface area contributed by atoms with Crippen molar-refractivity contribution >= 4 is 25.7 Å². The minimum absolute atomic E-state index is 0.0486. The number of unbranched alkanes of at least 4 members (excludes halogenated alkanes) is 16. The number of allylic oxidation sites excluding steroid dienone is 8. The lowest BCUT2D eigenvalue weighted by molar-refractivity contribution is -0.161. The Kier molecular flexibility index (Phi) is 39.4. The van der Waals surface area contributed by atoms with Gasteiger partial charge in [0.25, 0.3) is 0 Å². The zero-order valence-corrected chi connectivity index (χ0v) is 37.4. The standard InChI is InChI=1S/C46H81O11P/c1-4-7-10-13-16-19-20-21-22-25-28-31-34-37-46(50)57-43(39-53-44(48)35-32-29-26-23-17-14-11-8-5-2)41-55-58(51,52)54-40-42(38-47)56-45(49)36-33-30-27-24-18-15-12-9-6-3/h7,10,16,19,21-22,28,31,42-43,47H,4-6,8-9,11-15,17-18,20,23-27,29-30,32-41H2,1-3H3,(H,51,52)/b10-7-,19-16-,22-21-,31-28-. The predicted molar refractivity (Wildman–Crippen MR) is 233 cm³/mol. The zero-order valence-electron chi connectivity index (χ0n) is 36.5. The van der Waals surface area contributed by atoms with Crippen molar-refractivity contribution in [2.75, 3.05) is 26.4 Å². The van der Waals surface area contributed by atoms with Crippen molar-refractivity contribution in [2.24, 2.45) is 0 Å². The van der Waals surface area contributed by atoms with E-state index in [2.05, 4.69) is 57.2 Å². The molecule has 0 rings (SSSR count). The Morgan fingerprint density at radius 1 is 0.500 bits per heavy atom. The summed E-state index contributed by atoms with van der Waals surface area (Å²) in [6, 6.07) is 0.